The monoisotopic (exact) mass is 295 g/mol. The third kappa shape index (κ3) is 5.59. The van der Waals surface area contributed by atoms with Gasteiger partial charge in [-0.2, -0.15) is 0 Å². The van der Waals surface area contributed by atoms with E-state index in [-0.39, 0.29) is 11.4 Å². The summed E-state index contributed by atoms with van der Waals surface area (Å²) in [6.07, 6.45) is 2.17. The van der Waals surface area contributed by atoms with Crippen molar-refractivity contribution in [3.8, 4) is 5.75 Å². The first-order valence-electron chi connectivity index (χ1n) is 7.22. The van der Waals surface area contributed by atoms with Gasteiger partial charge in [-0.15, -0.1) is 0 Å². The number of nitrogens with one attached hydrogen (secondary N) is 1. The zero-order valence-electron chi connectivity index (χ0n) is 13.3. The summed E-state index contributed by atoms with van der Waals surface area (Å²) in [4.78, 5) is 12.7. The third-order valence-corrected chi connectivity index (χ3v) is 3.52. The normalized spacial score (nSPS) is 11.0. The minimum Gasteiger partial charge on any atom is -0.490 e. The number of methoxy groups -OCH3 is 1. The Kier molecular flexibility index (Phi) is 6.94. The number of unbranched alkanes of at least 4 members (excludes halogenated alkanes) is 1. The summed E-state index contributed by atoms with van der Waals surface area (Å²) in [7, 11) is 3.56. The van der Waals surface area contributed by atoms with Crippen LogP contribution in [-0.2, 0) is 0 Å². The van der Waals surface area contributed by atoms with Crippen LogP contribution in [0.1, 0.15) is 26.7 Å². The second kappa shape index (κ2) is 8.46. The van der Waals surface area contributed by atoms with Gasteiger partial charge < -0.3 is 15.0 Å². The van der Waals surface area contributed by atoms with E-state index in [0.717, 1.165) is 31.6 Å². The van der Waals surface area contributed by atoms with E-state index in [0.29, 0.717) is 6.04 Å². The van der Waals surface area contributed by atoms with Gasteiger partial charge in [0, 0.05) is 30.4 Å². The molecular weight excluding hydrogens is 270 g/mol. The number of benzene rings is 1. The summed E-state index contributed by atoms with van der Waals surface area (Å²) in [5.41, 5.74) is 0.830. The first kappa shape index (κ1) is 17.2. The average molecular weight is 295 g/mol. The molecule has 21 heavy (non-hydrogen) atoms. The zero-order valence-corrected chi connectivity index (χ0v) is 13.3. The Balaban J connectivity index is 2.41. The molecule has 0 aliphatic rings. The maximum atomic E-state index is 10.8. The standard InChI is InChI=1S/C15H25N3O3/c1-12(2)17(3)10-6-5-9-16-13-7-8-14(18(19)20)15(11-13)21-4/h7-8,11-12,16H,5-6,9-10H2,1-4H3. The number of nitro groups is 1. The molecule has 1 N–H and O–H groups in total. The highest BCUT2D eigenvalue weighted by Gasteiger charge is 2.14. The van der Waals surface area contributed by atoms with Crippen LogP contribution >= 0.6 is 0 Å². The molecule has 0 spiro atoms. The summed E-state index contributed by atoms with van der Waals surface area (Å²) in [6, 6.07) is 5.41. The van der Waals surface area contributed by atoms with E-state index in [2.05, 4.69) is 31.1 Å². The van der Waals surface area contributed by atoms with Crippen LogP contribution in [0, 0.1) is 10.1 Å². The largest absolute Gasteiger partial charge is 0.490 e. The Morgan fingerprint density at radius 2 is 2.10 bits per heavy atom. The predicted octanol–water partition coefficient (Wildman–Crippen LogP) is 3.14. The molecule has 0 unspecified atom stereocenters. The van der Waals surface area contributed by atoms with Gasteiger partial charge in [0.05, 0.1) is 12.0 Å². The highest BCUT2D eigenvalue weighted by Crippen LogP contribution is 2.29. The SMILES string of the molecule is COc1cc(NCCCCN(C)C(C)C)ccc1[N+](=O)[O-]. The molecule has 0 fully saturated rings. The number of hydrogen-bond acceptors (Lipinski definition) is 5. The second-order valence-corrected chi connectivity index (χ2v) is 5.35. The van der Waals surface area contributed by atoms with Crippen LogP contribution in [0.25, 0.3) is 0 Å². The maximum absolute atomic E-state index is 10.8. The Bertz CT molecular complexity index is 463. The number of nitrogens with zero attached hydrogens (tertiary/aromatic N) is 2. The molecule has 0 heterocycles. The van der Waals surface area contributed by atoms with Crippen molar-refractivity contribution in [2.45, 2.75) is 32.7 Å². The van der Waals surface area contributed by atoms with Gasteiger partial charge in [0.1, 0.15) is 0 Å². The molecular formula is C15H25N3O3. The fraction of sp³-hybridized carbons (Fsp3) is 0.600. The van der Waals surface area contributed by atoms with Gasteiger partial charge >= 0.3 is 5.69 Å². The first-order chi connectivity index (χ1) is 9.95. The van der Waals surface area contributed by atoms with Gasteiger partial charge in [-0.1, -0.05) is 0 Å². The summed E-state index contributed by atoms with van der Waals surface area (Å²) < 4.78 is 5.04. The molecule has 0 radical (unpaired) electrons. The summed E-state index contributed by atoms with van der Waals surface area (Å²) in [5.74, 6) is 0.282. The quantitative estimate of drug-likeness (QED) is 0.430. The lowest BCUT2D eigenvalue weighted by molar-refractivity contribution is -0.385. The van der Waals surface area contributed by atoms with E-state index in [9.17, 15) is 10.1 Å². The highest BCUT2D eigenvalue weighted by molar-refractivity contribution is 5.57. The molecule has 1 aromatic carbocycles. The zero-order chi connectivity index (χ0) is 15.8. The van der Waals surface area contributed by atoms with E-state index < -0.39 is 4.92 Å². The molecule has 0 amide bonds. The van der Waals surface area contributed by atoms with Gasteiger partial charge in [-0.05, 0) is 46.3 Å². The topological polar surface area (TPSA) is 67.6 Å². The van der Waals surface area contributed by atoms with Gasteiger partial charge in [0.15, 0.2) is 5.75 Å². The number of rotatable bonds is 9. The van der Waals surface area contributed by atoms with E-state index in [1.54, 1.807) is 12.1 Å². The number of anilines is 1. The number of hydrogen-bond donors (Lipinski definition) is 1. The molecule has 0 bridgehead atoms. The molecule has 0 aliphatic heterocycles. The van der Waals surface area contributed by atoms with E-state index >= 15 is 0 Å². The molecule has 0 atom stereocenters. The maximum Gasteiger partial charge on any atom is 0.311 e. The molecule has 0 saturated carbocycles. The van der Waals surface area contributed by atoms with Gasteiger partial charge in [0.2, 0.25) is 0 Å². The Labute approximate surface area is 126 Å². The Hall–Kier alpha value is -1.82. The molecule has 118 valence electrons. The van der Waals surface area contributed by atoms with Crippen molar-refractivity contribution in [3.05, 3.63) is 28.3 Å². The molecule has 6 nitrogen and oxygen atoms in total. The molecule has 1 rings (SSSR count). The fourth-order valence-electron chi connectivity index (χ4n) is 1.92. The van der Waals surface area contributed by atoms with Crippen molar-refractivity contribution in [1.29, 1.82) is 0 Å². The van der Waals surface area contributed by atoms with Crippen molar-refractivity contribution < 1.29 is 9.66 Å². The van der Waals surface area contributed by atoms with Crippen molar-refractivity contribution in [1.82, 2.24) is 4.90 Å². The van der Waals surface area contributed by atoms with E-state index in [1.807, 2.05) is 0 Å². The minimum atomic E-state index is -0.440. The van der Waals surface area contributed by atoms with Crippen molar-refractivity contribution >= 4 is 11.4 Å². The van der Waals surface area contributed by atoms with Crippen molar-refractivity contribution in [2.24, 2.45) is 0 Å². The van der Waals surface area contributed by atoms with Crippen LogP contribution in [0.3, 0.4) is 0 Å². The first-order valence-corrected chi connectivity index (χ1v) is 7.22. The van der Waals surface area contributed by atoms with E-state index in [4.69, 9.17) is 4.74 Å². The second-order valence-electron chi connectivity index (χ2n) is 5.35. The lowest BCUT2D eigenvalue weighted by Gasteiger charge is -2.20. The Morgan fingerprint density at radius 3 is 2.67 bits per heavy atom. The van der Waals surface area contributed by atoms with Crippen LogP contribution < -0.4 is 10.1 Å². The molecule has 6 heteroatoms. The van der Waals surface area contributed by atoms with Gasteiger partial charge in [-0.25, -0.2) is 0 Å². The molecule has 0 saturated heterocycles. The minimum absolute atomic E-state index is 0.0124. The fourth-order valence-corrected chi connectivity index (χ4v) is 1.92. The van der Waals surface area contributed by atoms with Crippen LogP contribution in [0.2, 0.25) is 0 Å². The van der Waals surface area contributed by atoms with Crippen LogP contribution in [-0.4, -0.2) is 43.1 Å². The third-order valence-electron chi connectivity index (χ3n) is 3.52. The predicted molar refractivity (Wildman–Crippen MR) is 85.1 cm³/mol. The summed E-state index contributed by atoms with van der Waals surface area (Å²) in [6.45, 7) is 6.28. The van der Waals surface area contributed by atoms with Crippen LogP contribution in [0.15, 0.2) is 18.2 Å². The van der Waals surface area contributed by atoms with Gasteiger partial charge in [0.25, 0.3) is 0 Å². The summed E-state index contributed by atoms with van der Waals surface area (Å²) >= 11 is 0. The molecule has 0 aromatic heterocycles. The van der Waals surface area contributed by atoms with Crippen LogP contribution in [0.4, 0.5) is 11.4 Å². The van der Waals surface area contributed by atoms with Crippen molar-refractivity contribution in [3.63, 3.8) is 0 Å². The smallest absolute Gasteiger partial charge is 0.311 e. The van der Waals surface area contributed by atoms with E-state index in [1.165, 1.54) is 13.2 Å². The Morgan fingerprint density at radius 1 is 1.38 bits per heavy atom. The average Bonchev–Trinajstić information content (AvgIpc) is 2.45. The summed E-state index contributed by atoms with van der Waals surface area (Å²) in [5, 5.41) is 14.1. The van der Waals surface area contributed by atoms with Gasteiger partial charge in [-0.3, -0.25) is 10.1 Å². The number of ether oxygens (including phenoxy) is 1. The molecule has 0 aliphatic carbocycles. The lowest BCUT2D eigenvalue weighted by Crippen LogP contribution is -2.27. The highest BCUT2D eigenvalue weighted by atomic mass is 16.6. The lowest BCUT2D eigenvalue weighted by atomic mass is 10.2. The molecule has 1 aromatic rings. The number of nitro benzene ring substituents is 1. The van der Waals surface area contributed by atoms with Crippen LogP contribution in [0.5, 0.6) is 5.75 Å². The van der Waals surface area contributed by atoms with Crippen molar-refractivity contribution in [2.75, 3.05) is 32.6 Å².